The number of carbonyl (C=O) groups excluding carboxylic acids is 1. The second-order valence-electron chi connectivity index (χ2n) is 4.77. The van der Waals surface area contributed by atoms with Gasteiger partial charge in [0.05, 0.1) is 22.8 Å². The van der Waals surface area contributed by atoms with Crippen molar-refractivity contribution in [2.24, 2.45) is 0 Å². The smallest absolute Gasteiger partial charge is 0.167 e. The standard InChI is InChI=1S/C16H15Cl2NO2/c1-9-3-4-15(21-2)11(5-9)8-14(20)10-6-12(17)16(19)13(18)7-10/h3-7H,8,19H2,1-2H3. The molecule has 0 radical (unpaired) electrons. The first-order valence-electron chi connectivity index (χ1n) is 6.33. The van der Waals surface area contributed by atoms with Crippen molar-refractivity contribution in [2.45, 2.75) is 13.3 Å². The van der Waals surface area contributed by atoms with Gasteiger partial charge in [0.25, 0.3) is 0 Å². The SMILES string of the molecule is COc1ccc(C)cc1CC(=O)c1cc(Cl)c(N)c(Cl)c1. The number of hydrogen-bond acceptors (Lipinski definition) is 3. The summed E-state index contributed by atoms with van der Waals surface area (Å²) >= 11 is 11.9. The number of aryl methyl sites for hydroxylation is 1. The molecule has 5 heteroatoms. The molecule has 2 N–H and O–H groups in total. The summed E-state index contributed by atoms with van der Waals surface area (Å²) in [5, 5.41) is 0.559. The van der Waals surface area contributed by atoms with Crippen molar-refractivity contribution >= 4 is 34.7 Å². The number of Topliss-reactive ketones (excluding diaryl/α,β-unsaturated/α-hetero) is 1. The van der Waals surface area contributed by atoms with Gasteiger partial charge in [-0.15, -0.1) is 0 Å². The van der Waals surface area contributed by atoms with Crippen LogP contribution in [0.25, 0.3) is 0 Å². The molecule has 0 saturated heterocycles. The number of rotatable bonds is 4. The van der Waals surface area contributed by atoms with Gasteiger partial charge in [-0.3, -0.25) is 4.79 Å². The van der Waals surface area contributed by atoms with E-state index in [1.807, 2.05) is 25.1 Å². The van der Waals surface area contributed by atoms with E-state index < -0.39 is 0 Å². The number of hydrogen-bond donors (Lipinski definition) is 1. The third kappa shape index (κ3) is 3.49. The van der Waals surface area contributed by atoms with E-state index in [1.165, 1.54) is 12.1 Å². The van der Waals surface area contributed by atoms with E-state index in [-0.39, 0.29) is 27.9 Å². The molecule has 0 bridgehead atoms. The monoisotopic (exact) mass is 323 g/mol. The second kappa shape index (κ2) is 6.37. The van der Waals surface area contributed by atoms with Crippen molar-refractivity contribution in [1.82, 2.24) is 0 Å². The Balaban J connectivity index is 2.32. The van der Waals surface area contributed by atoms with E-state index >= 15 is 0 Å². The molecule has 0 aromatic heterocycles. The molecule has 2 aromatic rings. The number of methoxy groups -OCH3 is 1. The number of anilines is 1. The van der Waals surface area contributed by atoms with Crippen molar-refractivity contribution in [3.05, 3.63) is 57.1 Å². The molecule has 110 valence electrons. The van der Waals surface area contributed by atoms with Crippen molar-refractivity contribution in [3.63, 3.8) is 0 Å². The highest BCUT2D eigenvalue weighted by molar-refractivity contribution is 6.39. The van der Waals surface area contributed by atoms with Crippen LogP contribution in [0.5, 0.6) is 5.75 Å². The average Bonchev–Trinajstić information content (AvgIpc) is 2.44. The Morgan fingerprint density at radius 1 is 1.19 bits per heavy atom. The summed E-state index contributed by atoms with van der Waals surface area (Å²) in [7, 11) is 1.58. The van der Waals surface area contributed by atoms with E-state index in [2.05, 4.69) is 0 Å². The van der Waals surface area contributed by atoms with E-state index in [0.717, 1.165) is 11.1 Å². The fourth-order valence-electron chi connectivity index (χ4n) is 2.07. The largest absolute Gasteiger partial charge is 0.496 e. The molecular weight excluding hydrogens is 309 g/mol. The van der Waals surface area contributed by atoms with Crippen LogP contribution in [0.15, 0.2) is 30.3 Å². The van der Waals surface area contributed by atoms with Crippen molar-refractivity contribution in [1.29, 1.82) is 0 Å². The molecule has 2 aromatic carbocycles. The number of halogens is 2. The van der Waals surface area contributed by atoms with Crippen LogP contribution in [-0.4, -0.2) is 12.9 Å². The number of nitrogen functional groups attached to an aromatic ring is 1. The van der Waals surface area contributed by atoms with Crippen molar-refractivity contribution in [2.75, 3.05) is 12.8 Å². The normalized spacial score (nSPS) is 10.5. The van der Waals surface area contributed by atoms with Gasteiger partial charge in [-0.25, -0.2) is 0 Å². The molecule has 0 aliphatic rings. The van der Waals surface area contributed by atoms with Gasteiger partial charge >= 0.3 is 0 Å². The topological polar surface area (TPSA) is 52.3 Å². The van der Waals surface area contributed by atoms with E-state index in [0.29, 0.717) is 11.3 Å². The summed E-state index contributed by atoms with van der Waals surface area (Å²) in [5.74, 6) is 0.587. The number of ketones is 1. The van der Waals surface area contributed by atoms with Crippen molar-refractivity contribution in [3.8, 4) is 5.75 Å². The molecular formula is C16H15Cl2NO2. The summed E-state index contributed by atoms with van der Waals surface area (Å²) in [5.41, 5.74) is 8.28. The fraction of sp³-hybridized carbons (Fsp3) is 0.188. The van der Waals surface area contributed by atoms with Crippen LogP contribution in [0.1, 0.15) is 21.5 Å². The lowest BCUT2D eigenvalue weighted by Gasteiger charge is -2.10. The van der Waals surface area contributed by atoms with Gasteiger partial charge in [0.1, 0.15) is 5.75 Å². The van der Waals surface area contributed by atoms with Crippen molar-refractivity contribution < 1.29 is 9.53 Å². The van der Waals surface area contributed by atoms with Gasteiger partial charge in [0.2, 0.25) is 0 Å². The van der Waals surface area contributed by atoms with E-state index in [4.69, 9.17) is 33.7 Å². The van der Waals surface area contributed by atoms with Crippen LogP contribution < -0.4 is 10.5 Å². The molecule has 0 atom stereocenters. The van der Waals surface area contributed by atoms with Gasteiger partial charge < -0.3 is 10.5 Å². The van der Waals surface area contributed by atoms with Gasteiger partial charge in [-0.05, 0) is 25.1 Å². The van der Waals surface area contributed by atoms with E-state index in [1.54, 1.807) is 7.11 Å². The summed E-state index contributed by atoms with van der Waals surface area (Å²) in [6.45, 7) is 1.96. The van der Waals surface area contributed by atoms with Gasteiger partial charge in [0.15, 0.2) is 5.78 Å². The molecule has 2 rings (SSSR count). The first-order chi connectivity index (χ1) is 9.92. The maximum atomic E-state index is 12.4. The number of nitrogens with two attached hydrogens (primary N) is 1. The summed E-state index contributed by atoms with van der Waals surface area (Å²) in [6.07, 6.45) is 0.210. The highest BCUT2D eigenvalue weighted by Crippen LogP contribution is 2.30. The number of benzene rings is 2. The Morgan fingerprint density at radius 2 is 1.81 bits per heavy atom. The Bertz CT molecular complexity index is 676. The van der Waals surface area contributed by atoms with Gasteiger partial charge in [0, 0.05) is 17.5 Å². The first kappa shape index (κ1) is 15.7. The molecule has 0 aliphatic heterocycles. The lowest BCUT2D eigenvalue weighted by Crippen LogP contribution is -2.06. The molecule has 0 amide bonds. The second-order valence-corrected chi connectivity index (χ2v) is 5.58. The third-order valence-corrected chi connectivity index (χ3v) is 3.81. The third-order valence-electron chi connectivity index (χ3n) is 3.19. The Morgan fingerprint density at radius 3 is 2.38 bits per heavy atom. The number of carbonyl (C=O) groups is 1. The van der Waals surface area contributed by atoms with Crippen LogP contribution in [0.2, 0.25) is 10.0 Å². The minimum absolute atomic E-state index is 0.0947. The van der Waals surface area contributed by atoms with Crippen LogP contribution in [0, 0.1) is 6.92 Å². The zero-order valence-electron chi connectivity index (χ0n) is 11.7. The molecule has 21 heavy (non-hydrogen) atoms. The lowest BCUT2D eigenvalue weighted by molar-refractivity contribution is 0.0992. The molecule has 0 spiro atoms. The molecule has 3 nitrogen and oxygen atoms in total. The minimum Gasteiger partial charge on any atom is -0.496 e. The van der Waals surface area contributed by atoms with E-state index in [9.17, 15) is 4.79 Å². The molecule has 0 heterocycles. The fourth-order valence-corrected chi connectivity index (χ4v) is 2.55. The highest BCUT2D eigenvalue weighted by Gasteiger charge is 2.14. The highest BCUT2D eigenvalue weighted by atomic mass is 35.5. The summed E-state index contributed by atoms with van der Waals surface area (Å²) in [4.78, 5) is 12.4. The van der Waals surface area contributed by atoms with Gasteiger partial charge in [-0.1, -0.05) is 40.9 Å². The molecule has 0 fully saturated rings. The lowest BCUT2D eigenvalue weighted by atomic mass is 10.0. The number of ether oxygens (including phenoxy) is 1. The summed E-state index contributed by atoms with van der Waals surface area (Å²) in [6, 6.07) is 8.78. The molecule has 0 unspecified atom stereocenters. The quantitative estimate of drug-likeness (QED) is 0.673. The summed E-state index contributed by atoms with van der Waals surface area (Å²) < 4.78 is 5.28. The Kier molecular flexibility index (Phi) is 4.76. The predicted octanol–water partition coefficient (Wildman–Crippen LogP) is 4.32. The minimum atomic E-state index is -0.0947. The predicted molar refractivity (Wildman–Crippen MR) is 86.6 cm³/mol. The van der Waals surface area contributed by atoms with Gasteiger partial charge in [-0.2, -0.15) is 0 Å². The zero-order valence-corrected chi connectivity index (χ0v) is 13.3. The Labute approximate surface area is 133 Å². The van der Waals surface area contributed by atoms with Crippen LogP contribution in [-0.2, 0) is 6.42 Å². The molecule has 0 aliphatic carbocycles. The maximum absolute atomic E-state index is 12.4. The Hall–Kier alpha value is -1.71. The maximum Gasteiger partial charge on any atom is 0.167 e. The van der Waals surface area contributed by atoms with Crippen LogP contribution in [0.4, 0.5) is 5.69 Å². The van der Waals surface area contributed by atoms with Crippen LogP contribution >= 0.6 is 23.2 Å². The van der Waals surface area contributed by atoms with Crippen LogP contribution in [0.3, 0.4) is 0 Å². The first-order valence-corrected chi connectivity index (χ1v) is 7.09. The average molecular weight is 324 g/mol. The molecule has 0 saturated carbocycles. The zero-order chi connectivity index (χ0) is 15.6.